The molecule has 0 amide bonds. The lowest BCUT2D eigenvalue weighted by Gasteiger charge is -2.32. The number of carboxylic acids is 1. The molecule has 5 heteroatoms. The largest absolute Gasteiger partial charge is 0.481 e. The van der Waals surface area contributed by atoms with Crippen molar-refractivity contribution in [1.82, 2.24) is 0 Å². The number of carboxylic acid groups (broad SMARTS) is 1. The molecule has 0 aliphatic heterocycles. The van der Waals surface area contributed by atoms with E-state index in [0.29, 0.717) is 6.42 Å². The molecule has 0 unspecified atom stereocenters. The quantitative estimate of drug-likeness (QED) is 0.668. The predicted octanol–water partition coefficient (Wildman–Crippen LogP) is 2.22. The molecule has 0 aromatic heterocycles. The molecule has 0 heterocycles. The maximum atomic E-state index is 12.7. The number of hydrogen-bond acceptors (Lipinski definition) is 1. The summed E-state index contributed by atoms with van der Waals surface area (Å²) in [5, 5.41) is 8.77. The fourth-order valence-electron chi connectivity index (χ4n) is 2.55. The number of allylic oxidation sites excluding steroid dienone is 2. The van der Waals surface area contributed by atoms with E-state index in [9.17, 15) is 18.0 Å². The zero-order chi connectivity index (χ0) is 10.6. The first kappa shape index (κ1) is 9.55. The van der Waals surface area contributed by atoms with Crippen molar-refractivity contribution in [3.05, 3.63) is 12.2 Å². The number of halogens is 3. The summed E-state index contributed by atoms with van der Waals surface area (Å²) in [5.74, 6) is -2.82. The van der Waals surface area contributed by atoms with Crippen molar-refractivity contribution in [1.29, 1.82) is 0 Å². The topological polar surface area (TPSA) is 37.3 Å². The second-order valence-corrected chi connectivity index (χ2v) is 3.97. The maximum absolute atomic E-state index is 12.7. The Morgan fingerprint density at radius 3 is 2.29 bits per heavy atom. The van der Waals surface area contributed by atoms with Crippen LogP contribution in [0, 0.1) is 17.3 Å². The van der Waals surface area contributed by atoms with Crippen molar-refractivity contribution in [2.45, 2.75) is 19.0 Å². The molecule has 2 bridgehead atoms. The molecule has 2 rings (SSSR count). The first-order valence-corrected chi connectivity index (χ1v) is 4.36. The van der Waals surface area contributed by atoms with Gasteiger partial charge in [-0.15, -0.1) is 0 Å². The lowest BCUT2D eigenvalue weighted by molar-refractivity contribution is -0.238. The molecule has 0 aromatic rings. The minimum atomic E-state index is -4.65. The Hall–Kier alpha value is -1.00. The molecule has 0 spiro atoms. The van der Waals surface area contributed by atoms with E-state index in [-0.39, 0.29) is 12.3 Å². The van der Waals surface area contributed by atoms with Gasteiger partial charge in [0.15, 0.2) is 5.41 Å². The van der Waals surface area contributed by atoms with Crippen molar-refractivity contribution in [3.8, 4) is 0 Å². The third kappa shape index (κ3) is 0.952. The average Bonchev–Trinajstić information content (AvgIpc) is 2.59. The summed E-state index contributed by atoms with van der Waals surface area (Å²) >= 11 is 0. The second-order valence-electron chi connectivity index (χ2n) is 3.97. The normalized spacial score (nSPS) is 40.5. The summed E-state index contributed by atoms with van der Waals surface area (Å²) < 4.78 is 38.1. The Morgan fingerprint density at radius 1 is 1.43 bits per heavy atom. The van der Waals surface area contributed by atoms with Gasteiger partial charge in [-0.25, -0.2) is 0 Å². The van der Waals surface area contributed by atoms with Gasteiger partial charge in [-0.1, -0.05) is 12.2 Å². The van der Waals surface area contributed by atoms with Gasteiger partial charge in [0.25, 0.3) is 0 Å². The Balaban J connectivity index is 2.44. The molecule has 1 N–H and O–H groups in total. The van der Waals surface area contributed by atoms with E-state index >= 15 is 0 Å². The van der Waals surface area contributed by atoms with Crippen molar-refractivity contribution >= 4 is 5.97 Å². The van der Waals surface area contributed by atoms with Crippen molar-refractivity contribution in [2.24, 2.45) is 17.3 Å². The molecule has 14 heavy (non-hydrogen) atoms. The van der Waals surface area contributed by atoms with Crippen LogP contribution in [0.3, 0.4) is 0 Å². The average molecular weight is 206 g/mol. The maximum Gasteiger partial charge on any atom is 0.405 e. The smallest absolute Gasteiger partial charge is 0.405 e. The molecule has 0 radical (unpaired) electrons. The lowest BCUT2D eigenvalue weighted by Crippen LogP contribution is -2.48. The van der Waals surface area contributed by atoms with Gasteiger partial charge in [0.1, 0.15) is 0 Å². The van der Waals surface area contributed by atoms with Crippen LogP contribution in [-0.4, -0.2) is 17.3 Å². The van der Waals surface area contributed by atoms with Crippen LogP contribution in [0.2, 0.25) is 0 Å². The summed E-state index contributed by atoms with van der Waals surface area (Å²) in [6, 6.07) is 0. The van der Waals surface area contributed by atoms with Crippen LogP contribution in [0.15, 0.2) is 12.2 Å². The highest BCUT2D eigenvalue weighted by molar-refractivity contribution is 5.77. The summed E-state index contributed by atoms with van der Waals surface area (Å²) in [6.07, 6.45) is -1.53. The van der Waals surface area contributed by atoms with Crippen LogP contribution in [0.1, 0.15) is 12.8 Å². The first-order valence-electron chi connectivity index (χ1n) is 4.36. The minimum Gasteiger partial charge on any atom is -0.481 e. The zero-order valence-electron chi connectivity index (χ0n) is 7.21. The van der Waals surface area contributed by atoms with Gasteiger partial charge < -0.3 is 5.11 Å². The molecular formula is C9H9F3O2. The molecule has 0 aromatic carbocycles. The number of hydrogen-bond donors (Lipinski definition) is 1. The van der Waals surface area contributed by atoms with Gasteiger partial charge in [-0.3, -0.25) is 4.79 Å². The number of aliphatic carboxylic acids is 1. The molecule has 1 fully saturated rings. The predicted molar refractivity (Wildman–Crippen MR) is 41.5 cm³/mol. The molecule has 2 aliphatic rings. The molecule has 78 valence electrons. The third-order valence-electron chi connectivity index (χ3n) is 3.28. The Morgan fingerprint density at radius 2 is 2.07 bits per heavy atom. The van der Waals surface area contributed by atoms with Crippen LogP contribution in [0.25, 0.3) is 0 Å². The SMILES string of the molecule is O=C(O)[C@@]1(C(F)(F)F)C[C@@H]2C=C[C@H]1C2. The van der Waals surface area contributed by atoms with Gasteiger partial charge in [-0.05, 0) is 18.8 Å². The van der Waals surface area contributed by atoms with E-state index in [1.165, 1.54) is 6.08 Å². The first-order chi connectivity index (χ1) is 6.38. The van der Waals surface area contributed by atoms with Gasteiger partial charge in [-0.2, -0.15) is 13.2 Å². The molecule has 2 nitrogen and oxygen atoms in total. The van der Waals surface area contributed by atoms with E-state index in [1.54, 1.807) is 6.08 Å². The van der Waals surface area contributed by atoms with Crippen molar-refractivity contribution in [3.63, 3.8) is 0 Å². The highest BCUT2D eigenvalue weighted by Crippen LogP contribution is 2.59. The van der Waals surface area contributed by atoms with E-state index in [1.807, 2.05) is 0 Å². The summed E-state index contributed by atoms with van der Waals surface area (Å²) in [4.78, 5) is 10.8. The van der Waals surface area contributed by atoms with Crippen LogP contribution >= 0.6 is 0 Å². The fourth-order valence-corrected chi connectivity index (χ4v) is 2.55. The van der Waals surface area contributed by atoms with Gasteiger partial charge >= 0.3 is 12.1 Å². The monoisotopic (exact) mass is 206 g/mol. The summed E-state index contributed by atoms with van der Waals surface area (Å²) in [6.45, 7) is 0. The minimum absolute atomic E-state index is 0.210. The number of rotatable bonds is 1. The molecule has 0 saturated heterocycles. The third-order valence-corrected chi connectivity index (χ3v) is 3.28. The lowest BCUT2D eigenvalue weighted by atomic mass is 9.75. The van der Waals surface area contributed by atoms with Gasteiger partial charge in [0.05, 0.1) is 0 Å². The standard InChI is InChI=1S/C9H9F3O2/c10-9(11,12)8(7(13)14)4-5-1-2-6(8)3-5/h1-2,5-6H,3-4H2,(H,13,14)/t5-,6+,8-/m1/s1. The van der Waals surface area contributed by atoms with Gasteiger partial charge in [0.2, 0.25) is 0 Å². The van der Waals surface area contributed by atoms with Crippen molar-refractivity contribution in [2.75, 3.05) is 0 Å². The van der Waals surface area contributed by atoms with Gasteiger partial charge in [0, 0.05) is 5.92 Å². The molecule has 3 atom stereocenters. The molecule has 2 aliphatic carbocycles. The van der Waals surface area contributed by atoms with E-state index in [4.69, 9.17) is 5.11 Å². The fraction of sp³-hybridized carbons (Fsp3) is 0.667. The second kappa shape index (κ2) is 2.52. The van der Waals surface area contributed by atoms with Crippen LogP contribution in [0.4, 0.5) is 13.2 Å². The highest BCUT2D eigenvalue weighted by atomic mass is 19.4. The Kier molecular flexibility index (Phi) is 1.72. The summed E-state index contributed by atoms with van der Waals surface area (Å²) in [7, 11) is 0. The number of alkyl halides is 3. The van der Waals surface area contributed by atoms with Crippen LogP contribution < -0.4 is 0 Å². The highest BCUT2D eigenvalue weighted by Gasteiger charge is 2.68. The number of fused-ring (bicyclic) bond motifs is 2. The van der Waals surface area contributed by atoms with Crippen LogP contribution in [-0.2, 0) is 4.79 Å². The Bertz CT molecular complexity index is 308. The molecular weight excluding hydrogens is 197 g/mol. The van der Waals surface area contributed by atoms with Crippen LogP contribution in [0.5, 0.6) is 0 Å². The van der Waals surface area contributed by atoms with E-state index in [0.717, 1.165) is 0 Å². The van der Waals surface area contributed by atoms with Crippen molar-refractivity contribution < 1.29 is 23.1 Å². The van der Waals surface area contributed by atoms with E-state index in [2.05, 4.69) is 0 Å². The number of carbonyl (C=O) groups is 1. The Labute approximate surface area is 78.4 Å². The molecule has 1 saturated carbocycles. The summed E-state index contributed by atoms with van der Waals surface area (Å²) in [5.41, 5.74) is -2.52. The zero-order valence-corrected chi connectivity index (χ0v) is 7.21. The van der Waals surface area contributed by atoms with E-state index < -0.39 is 23.5 Å².